The van der Waals surface area contributed by atoms with Crippen LogP contribution in [0.15, 0.2) is 60.7 Å². The molecule has 0 aromatic heterocycles. The summed E-state index contributed by atoms with van der Waals surface area (Å²) in [6.45, 7) is 4.40. The van der Waals surface area contributed by atoms with Gasteiger partial charge in [-0.3, -0.25) is 4.79 Å². The maximum Gasteiger partial charge on any atom is 0.262 e. The maximum atomic E-state index is 12.9. The first-order valence-electron chi connectivity index (χ1n) is 9.18. The van der Waals surface area contributed by atoms with Crippen molar-refractivity contribution in [3.05, 3.63) is 88.2 Å². The zero-order chi connectivity index (χ0) is 20.8. The summed E-state index contributed by atoms with van der Waals surface area (Å²) in [6, 6.07) is 17.2. The minimum Gasteiger partial charge on any atom is -0.482 e. The van der Waals surface area contributed by atoms with E-state index in [9.17, 15) is 9.18 Å². The highest BCUT2D eigenvalue weighted by atomic mass is 35.5. The van der Waals surface area contributed by atoms with E-state index >= 15 is 0 Å². The molecule has 0 aliphatic carbocycles. The average Bonchev–Trinajstić information content (AvgIpc) is 2.69. The number of carbonyl (C=O) groups excluding carboxylic acids is 1. The molecule has 6 heteroatoms. The van der Waals surface area contributed by atoms with E-state index in [-0.39, 0.29) is 18.3 Å². The van der Waals surface area contributed by atoms with Gasteiger partial charge in [-0.15, -0.1) is 0 Å². The van der Waals surface area contributed by atoms with E-state index in [4.69, 9.17) is 16.3 Å². The van der Waals surface area contributed by atoms with Crippen LogP contribution >= 0.6 is 11.6 Å². The minimum absolute atomic E-state index is 0.139. The molecule has 29 heavy (non-hydrogen) atoms. The van der Waals surface area contributed by atoms with Crippen LogP contribution in [0.2, 0.25) is 5.02 Å². The number of aryl methyl sites for hydroxylation is 2. The van der Waals surface area contributed by atoms with Gasteiger partial charge in [0.1, 0.15) is 11.6 Å². The quantitative estimate of drug-likeness (QED) is 0.521. The van der Waals surface area contributed by atoms with Crippen LogP contribution in [0.5, 0.6) is 5.75 Å². The third-order valence-electron chi connectivity index (χ3n) is 4.49. The van der Waals surface area contributed by atoms with Crippen molar-refractivity contribution in [1.29, 1.82) is 0 Å². The normalized spacial score (nSPS) is 10.5. The minimum atomic E-state index is -0.276. The van der Waals surface area contributed by atoms with E-state index in [1.54, 1.807) is 24.3 Å². The van der Waals surface area contributed by atoms with E-state index in [2.05, 4.69) is 10.6 Å². The Bertz CT molecular complexity index is 1010. The number of hydrogen-bond acceptors (Lipinski definition) is 3. The van der Waals surface area contributed by atoms with Gasteiger partial charge in [0.25, 0.3) is 5.91 Å². The second kappa shape index (κ2) is 9.43. The van der Waals surface area contributed by atoms with E-state index in [1.807, 2.05) is 38.1 Å². The van der Waals surface area contributed by atoms with Crippen molar-refractivity contribution >= 4 is 28.9 Å². The Morgan fingerprint density at radius 2 is 1.69 bits per heavy atom. The van der Waals surface area contributed by atoms with Crippen molar-refractivity contribution in [3.8, 4) is 5.75 Å². The molecular weight excluding hydrogens is 391 g/mol. The van der Waals surface area contributed by atoms with Crippen LogP contribution in [0, 0.1) is 19.7 Å². The van der Waals surface area contributed by atoms with Crippen molar-refractivity contribution in [2.75, 3.05) is 17.2 Å². The van der Waals surface area contributed by atoms with Gasteiger partial charge in [0, 0.05) is 17.9 Å². The summed E-state index contributed by atoms with van der Waals surface area (Å²) >= 11 is 6.28. The summed E-state index contributed by atoms with van der Waals surface area (Å²) in [5.41, 5.74) is 4.75. The molecule has 4 nitrogen and oxygen atoms in total. The third-order valence-corrected chi connectivity index (χ3v) is 4.78. The lowest BCUT2D eigenvalue weighted by atomic mass is 10.1. The van der Waals surface area contributed by atoms with Crippen LogP contribution < -0.4 is 15.4 Å². The van der Waals surface area contributed by atoms with Crippen molar-refractivity contribution in [2.24, 2.45) is 0 Å². The predicted octanol–water partition coefficient (Wildman–Crippen LogP) is 5.73. The molecule has 1 amide bonds. The lowest BCUT2D eigenvalue weighted by Gasteiger charge is -2.11. The number of rotatable bonds is 7. The summed E-state index contributed by atoms with van der Waals surface area (Å²) in [5, 5.41) is 6.42. The fourth-order valence-corrected chi connectivity index (χ4v) is 2.96. The van der Waals surface area contributed by atoms with E-state index in [0.717, 1.165) is 22.5 Å². The van der Waals surface area contributed by atoms with Gasteiger partial charge in [-0.2, -0.15) is 0 Å². The summed E-state index contributed by atoms with van der Waals surface area (Å²) in [5.74, 6) is -0.0968. The SMILES string of the molecule is Cc1ccc(NC(=O)COc2ccc(CNc3ccc(F)cc3)cc2Cl)cc1C. The second-order valence-corrected chi connectivity index (χ2v) is 7.17. The highest BCUT2D eigenvalue weighted by Crippen LogP contribution is 2.26. The number of anilines is 2. The van der Waals surface area contributed by atoms with Crippen molar-refractivity contribution in [2.45, 2.75) is 20.4 Å². The Balaban J connectivity index is 1.52. The van der Waals surface area contributed by atoms with Crippen LogP contribution in [0.4, 0.5) is 15.8 Å². The van der Waals surface area contributed by atoms with Crippen LogP contribution in [0.1, 0.15) is 16.7 Å². The zero-order valence-electron chi connectivity index (χ0n) is 16.3. The molecular formula is C23H22ClFN2O2. The predicted molar refractivity (Wildman–Crippen MR) is 115 cm³/mol. The Hall–Kier alpha value is -3.05. The molecule has 0 saturated heterocycles. The number of carbonyl (C=O) groups is 1. The second-order valence-electron chi connectivity index (χ2n) is 6.76. The van der Waals surface area contributed by atoms with Gasteiger partial charge in [-0.25, -0.2) is 4.39 Å². The fraction of sp³-hybridized carbons (Fsp3) is 0.174. The molecule has 0 spiro atoms. The van der Waals surface area contributed by atoms with E-state index in [0.29, 0.717) is 17.3 Å². The van der Waals surface area contributed by atoms with Gasteiger partial charge in [0.05, 0.1) is 5.02 Å². The molecule has 3 aromatic carbocycles. The van der Waals surface area contributed by atoms with Gasteiger partial charge in [0.2, 0.25) is 0 Å². The van der Waals surface area contributed by atoms with Crippen molar-refractivity contribution in [3.63, 3.8) is 0 Å². The number of benzene rings is 3. The molecule has 0 heterocycles. The summed E-state index contributed by atoms with van der Waals surface area (Å²) in [6.07, 6.45) is 0. The Morgan fingerprint density at radius 3 is 2.38 bits per heavy atom. The number of amides is 1. The van der Waals surface area contributed by atoms with Crippen LogP contribution in [0.3, 0.4) is 0 Å². The Labute approximate surface area is 174 Å². The van der Waals surface area contributed by atoms with Crippen LogP contribution in [-0.4, -0.2) is 12.5 Å². The Kier molecular flexibility index (Phi) is 6.73. The third kappa shape index (κ3) is 5.96. The number of ether oxygens (including phenoxy) is 1. The molecule has 0 bridgehead atoms. The van der Waals surface area contributed by atoms with Crippen molar-refractivity contribution < 1.29 is 13.9 Å². The molecule has 150 valence electrons. The first-order valence-corrected chi connectivity index (χ1v) is 9.56. The summed E-state index contributed by atoms with van der Waals surface area (Å²) < 4.78 is 18.5. The molecule has 2 N–H and O–H groups in total. The van der Waals surface area contributed by atoms with Gasteiger partial charge in [-0.05, 0) is 79.1 Å². The molecule has 0 aliphatic rings. The zero-order valence-corrected chi connectivity index (χ0v) is 17.0. The number of hydrogen-bond donors (Lipinski definition) is 2. The smallest absolute Gasteiger partial charge is 0.262 e. The van der Waals surface area contributed by atoms with Gasteiger partial charge >= 0.3 is 0 Å². The molecule has 0 saturated carbocycles. The summed E-state index contributed by atoms with van der Waals surface area (Å²) in [4.78, 5) is 12.1. The Morgan fingerprint density at radius 1 is 0.966 bits per heavy atom. The highest BCUT2D eigenvalue weighted by Gasteiger charge is 2.08. The van der Waals surface area contributed by atoms with Gasteiger partial charge < -0.3 is 15.4 Å². The number of halogens is 2. The lowest BCUT2D eigenvalue weighted by molar-refractivity contribution is -0.118. The van der Waals surface area contributed by atoms with Crippen LogP contribution in [-0.2, 0) is 11.3 Å². The molecule has 0 aliphatic heterocycles. The number of nitrogens with one attached hydrogen (secondary N) is 2. The molecule has 0 atom stereocenters. The molecule has 3 rings (SSSR count). The van der Waals surface area contributed by atoms with Gasteiger partial charge in [-0.1, -0.05) is 23.7 Å². The molecule has 0 fully saturated rings. The first kappa shape index (κ1) is 20.7. The summed E-state index contributed by atoms with van der Waals surface area (Å²) in [7, 11) is 0. The fourth-order valence-electron chi connectivity index (χ4n) is 2.70. The van der Waals surface area contributed by atoms with E-state index in [1.165, 1.54) is 17.7 Å². The molecule has 0 radical (unpaired) electrons. The topological polar surface area (TPSA) is 50.4 Å². The highest BCUT2D eigenvalue weighted by molar-refractivity contribution is 6.32. The molecule has 3 aromatic rings. The van der Waals surface area contributed by atoms with Crippen LogP contribution in [0.25, 0.3) is 0 Å². The average molecular weight is 413 g/mol. The first-order chi connectivity index (χ1) is 13.9. The van der Waals surface area contributed by atoms with E-state index < -0.39 is 0 Å². The van der Waals surface area contributed by atoms with Crippen molar-refractivity contribution in [1.82, 2.24) is 0 Å². The monoisotopic (exact) mass is 412 g/mol. The largest absolute Gasteiger partial charge is 0.482 e. The van der Waals surface area contributed by atoms with Gasteiger partial charge in [0.15, 0.2) is 6.61 Å². The maximum absolute atomic E-state index is 12.9. The lowest BCUT2D eigenvalue weighted by Crippen LogP contribution is -2.20. The standard InChI is InChI=1S/C23H22ClFN2O2/c1-15-3-7-20(11-16(15)2)27-23(28)14-29-22-10-4-17(12-21(22)24)13-26-19-8-5-18(25)6-9-19/h3-12,26H,13-14H2,1-2H3,(H,27,28). The molecule has 0 unspecified atom stereocenters.